The van der Waals surface area contributed by atoms with Crippen molar-refractivity contribution in [3.63, 3.8) is 0 Å². The van der Waals surface area contributed by atoms with E-state index in [1.165, 1.54) is 11.3 Å². The summed E-state index contributed by atoms with van der Waals surface area (Å²) in [6, 6.07) is 0.110. The van der Waals surface area contributed by atoms with Gasteiger partial charge in [0, 0.05) is 25.0 Å². The molecule has 1 heterocycles. The summed E-state index contributed by atoms with van der Waals surface area (Å²) in [6.45, 7) is 2.98. The standard InChI is InChI=1S/C15H25N3O3/c1-10-4-2-3-5-12(10)17-14(20)15(21)18-8-6-11(7-9-18)13(16)19/h10-12H,2-9H2,1H3,(H2,16,19)(H,17,20). The van der Waals surface area contributed by atoms with E-state index in [4.69, 9.17) is 5.73 Å². The van der Waals surface area contributed by atoms with Crippen LogP contribution in [0.2, 0.25) is 0 Å². The van der Waals surface area contributed by atoms with E-state index >= 15 is 0 Å². The van der Waals surface area contributed by atoms with Crippen LogP contribution >= 0.6 is 0 Å². The Morgan fingerprint density at radius 2 is 1.67 bits per heavy atom. The van der Waals surface area contributed by atoms with Crippen molar-refractivity contribution in [1.29, 1.82) is 0 Å². The lowest BCUT2D eigenvalue weighted by molar-refractivity contribution is -0.147. The Hall–Kier alpha value is -1.59. The van der Waals surface area contributed by atoms with Gasteiger partial charge < -0.3 is 16.0 Å². The number of piperidine rings is 1. The highest BCUT2D eigenvalue weighted by atomic mass is 16.2. The largest absolute Gasteiger partial charge is 0.369 e. The smallest absolute Gasteiger partial charge is 0.311 e. The van der Waals surface area contributed by atoms with Gasteiger partial charge in [0.2, 0.25) is 5.91 Å². The second-order valence-corrected chi connectivity index (χ2v) is 6.31. The van der Waals surface area contributed by atoms with Crippen LogP contribution in [0.15, 0.2) is 0 Å². The first-order valence-corrected chi connectivity index (χ1v) is 7.88. The second kappa shape index (κ2) is 6.91. The second-order valence-electron chi connectivity index (χ2n) is 6.31. The first-order valence-electron chi connectivity index (χ1n) is 7.88. The summed E-state index contributed by atoms with van der Waals surface area (Å²) in [5.41, 5.74) is 5.27. The van der Waals surface area contributed by atoms with Gasteiger partial charge >= 0.3 is 11.8 Å². The van der Waals surface area contributed by atoms with Crippen molar-refractivity contribution in [1.82, 2.24) is 10.2 Å². The van der Waals surface area contributed by atoms with Gasteiger partial charge in [-0.05, 0) is 31.6 Å². The van der Waals surface area contributed by atoms with E-state index in [1.54, 1.807) is 0 Å². The molecule has 2 atom stereocenters. The minimum absolute atomic E-state index is 0.110. The molecule has 2 aliphatic rings. The zero-order valence-electron chi connectivity index (χ0n) is 12.6. The summed E-state index contributed by atoms with van der Waals surface area (Å²) in [4.78, 5) is 36.9. The van der Waals surface area contributed by atoms with Crippen molar-refractivity contribution in [2.75, 3.05) is 13.1 Å². The SMILES string of the molecule is CC1CCCCC1NC(=O)C(=O)N1CCC(C(N)=O)CC1. The minimum atomic E-state index is -0.508. The summed E-state index contributed by atoms with van der Waals surface area (Å²) in [7, 11) is 0. The van der Waals surface area contributed by atoms with E-state index in [0.717, 1.165) is 19.3 Å². The van der Waals surface area contributed by atoms with Gasteiger partial charge in [-0.25, -0.2) is 0 Å². The third-order valence-electron chi connectivity index (χ3n) is 4.81. The molecular formula is C15H25N3O3. The molecule has 1 saturated heterocycles. The molecular weight excluding hydrogens is 270 g/mol. The van der Waals surface area contributed by atoms with Crippen molar-refractivity contribution in [3.8, 4) is 0 Å². The zero-order valence-corrected chi connectivity index (χ0v) is 12.6. The molecule has 1 saturated carbocycles. The molecule has 0 aromatic rings. The topological polar surface area (TPSA) is 92.5 Å². The van der Waals surface area contributed by atoms with E-state index in [-0.39, 0.29) is 17.9 Å². The number of carbonyl (C=O) groups excluding carboxylic acids is 3. The molecule has 118 valence electrons. The maximum absolute atomic E-state index is 12.2. The number of hydrogen-bond acceptors (Lipinski definition) is 3. The van der Waals surface area contributed by atoms with Crippen molar-refractivity contribution in [3.05, 3.63) is 0 Å². The normalized spacial score (nSPS) is 27.2. The lowest BCUT2D eigenvalue weighted by Crippen LogP contribution is -2.51. The highest BCUT2D eigenvalue weighted by Crippen LogP contribution is 2.24. The van der Waals surface area contributed by atoms with Crippen LogP contribution in [0.3, 0.4) is 0 Å². The number of nitrogens with zero attached hydrogens (tertiary/aromatic N) is 1. The van der Waals surface area contributed by atoms with Gasteiger partial charge in [0.05, 0.1) is 0 Å². The molecule has 6 heteroatoms. The summed E-state index contributed by atoms with van der Waals surface area (Å²) in [5.74, 6) is -1.05. The number of nitrogens with one attached hydrogen (secondary N) is 1. The molecule has 21 heavy (non-hydrogen) atoms. The number of hydrogen-bond donors (Lipinski definition) is 2. The third-order valence-corrected chi connectivity index (χ3v) is 4.81. The molecule has 0 radical (unpaired) electrons. The van der Waals surface area contributed by atoms with Crippen LogP contribution in [-0.2, 0) is 14.4 Å². The van der Waals surface area contributed by atoms with Gasteiger partial charge in [-0.3, -0.25) is 14.4 Å². The Morgan fingerprint density at radius 3 is 2.24 bits per heavy atom. The van der Waals surface area contributed by atoms with Crippen LogP contribution in [0.1, 0.15) is 45.4 Å². The van der Waals surface area contributed by atoms with Gasteiger partial charge in [0.1, 0.15) is 0 Å². The highest BCUT2D eigenvalue weighted by molar-refractivity contribution is 6.35. The predicted molar refractivity (Wildman–Crippen MR) is 78.1 cm³/mol. The molecule has 3 N–H and O–H groups in total. The van der Waals surface area contributed by atoms with Crippen molar-refractivity contribution in [2.45, 2.75) is 51.5 Å². The summed E-state index contributed by atoms with van der Waals surface area (Å²) in [5, 5.41) is 2.88. The first-order chi connectivity index (χ1) is 9.99. The predicted octanol–water partition coefficient (Wildman–Crippen LogP) is 0.405. The van der Waals surface area contributed by atoms with Crippen molar-refractivity contribution >= 4 is 17.7 Å². The van der Waals surface area contributed by atoms with E-state index < -0.39 is 11.8 Å². The zero-order chi connectivity index (χ0) is 15.4. The van der Waals surface area contributed by atoms with Gasteiger partial charge in [0.25, 0.3) is 0 Å². The van der Waals surface area contributed by atoms with E-state index in [9.17, 15) is 14.4 Å². The number of nitrogens with two attached hydrogens (primary N) is 1. The average molecular weight is 295 g/mol. The molecule has 0 aromatic carbocycles. The molecule has 2 unspecified atom stereocenters. The monoisotopic (exact) mass is 295 g/mol. The quantitative estimate of drug-likeness (QED) is 0.722. The molecule has 1 aliphatic carbocycles. The maximum Gasteiger partial charge on any atom is 0.311 e. The Bertz CT molecular complexity index is 416. The summed E-state index contributed by atoms with van der Waals surface area (Å²) in [6.07, 6.45) is 5.45. The van der Waals surface area contributed by atoms with Gasteiger partial charge in [-0.15, -0.1) is 0 Å². The molecule has 3 amide bonds. The van der Waals surface area contributed by atoms with Crippen LogP contribution in [0.4, 0.5) is 0 Å². The summed E-state index contributed by atoms with van der Waals surface area (Å²) >= 11 is 0. The lowest BCUT2D eigenvalue weighted by atomic mass is 9.86. The fourth-order valence-corrected chi connectivity index (χ4v) is 3.27. The number of rotatable bonds is 2. The Kier molecular flexibility index (Phi) is 5.20. The number of amides is 3. The van der Waals surface area contributed by atoms with Gasteiger partial charge in [-0.2, -0.15) is 0 Å². The molecule has 2 fully saturated rings. The Morgan fingerprint density at radius 1 is 1.05 bits per heavy atom. The number of primary amides is 1. The van der Waals surface area contributed by atoms with Crippen LogP contribution in [0, 0.1) is 11.8 Å². The van der Waals surface area contributed by atoms with Gasteiger partial charge in [0.15, 0.2) is 0 Å². The first kappa shape index (κ1) is 15.8. The van der Waals surface area contributed by atoms with Crippen molar-refractivity contribution < 1.29 is 14.4 Å². The third kappa shape index (κ3) is 3.95. The van der Waals surface area contributed by atoms with E-state index in [2.05, 4.69) is 12.2 Å². The van der Waals surface area contributed by atoms with Crippen LogP contribution < -0.4 is 11.1 Å². The van der Waals surface area contributed by atoms with Crippen molar-refractivity contribution in [2.24, 2.45) is 17.6 Å². The lowest BCUT2D eigenvalue weighted by Gasteiger charge is -2.32. The van der Waals surface area contributed by atoms with Crippen LogP contribution in [0.25, 0.3) is 0 Å². The Labute approximate surface area is 125 Å². The van der Waals surface area contributed by atoms with E-state index in [1.807, 2.05) is 0 Å². The van der Waals surface area contributed by atoms with E-state index in [0.29, 0.717) is 31.8 Å². The molecule has 0 spiro atoms. The molecule has 0 bridgehead atoms. The van der Waals surface area contributed by atoms with Crippen LogP contribution in [0.5, 0.6) is 0 Å². The maximum atomic E-state index is 12.2. The van der Waals surface area contributed by atoms with Gasteiger partial charge in [-0.1, -0.05) is 19.8 Å². The molecule has 0 aromatic heterocycles. The summed E-state index contributed by atoms with van der Waals surface area (Å²) < 4.78 is 0. The Balaban J connectivity index is 1.82. The molecule has 1 aliphatic heterocycles. The molecule has 6 nitrogen and oxygen atoms in total. The average Bonchev–Trinajstić information content (AvgIpc) is 2.49. The fourth-order valence-electron chi connectivity index (χ4n) is 3.27. The fraction of sp³-hybridized carbons (Fsp3) is 0.800. The van der Waals surface area contributed by atoms with Crippen LogP contribution in [-0.4, -0.2) is 41.8 Å². The number of carbonyl (C=O) groups is 3. The minimum Gasteiger partial charge on any atom is -0.369 e. The molecule has 2 rings (SSSR count). The highest BCUT2D eigenvalue weighted by Gasteiger charge is 2.31. The number of likely N-dealkylation sites (tertiary alicyclic amines) is 1.